The second-order valence-corrected chi connectivity index (χ2v) is 4.53. The number of hydrogen-bond acceptors (Lipinski definition) is 1. The van der Waals surface area contributed by atoms with Crippen LogP contribution >= 0.6 is 0 Å². The van der Waals surface area contributed by atoms with E-state index in [1.54, 1.807) is 0 Å². The Bertz CT molecular complexity index is 252. The van der Waals surface area contributed by atoms with Gasteiger partial charge < -0.3 is 5.73 Å². The molecule has 13 heavy (non-hydrogen) atoms. The molecule has 3 unspecified atom stereocenters. The van der Waals surface area contributed by atoms with Gasteiger partial charge in [-0.05, 0) is 18.4 Å². The average Bonchev–Trinajstić information content (AvgIpc) is 2.77. The first kappa shape index (κ1) is 10.5. The first-order valence-electron chi connectivity index (χ1n) is 5.08. The molecule has 2 N–H and O–H groups in total. The van der Waals surface area contributed by atoms with Gasteiger partial charge in [0.15, 0.2) is 0 Å². The largest absolute Gasteiger partial charge is 0.326 e. The Labute approximate surface area is 81.7 Å². The van der Waals surface area contributed by atoms with Crippen LogP contribution in [-0.2, 0) is 0 Å². The molecule has 1 aliphatic carbocycles. The molecule has 0 radical (unpaired) electrons. The summed E-state index contributed by atoms with van der Waals surface area (Å²) in [6.45, 7) is 12.6. The minimum Gasteiger partial charge on any atom is -0.326 e. The number of nitrogens with two attached hydrogens (primary N) is 1. The van der Waals surface area contributed by atoms with Crippen LogP contribution in [0, 0.1) is 11.3 Å². The van der Waals surface area contributed by atoms with Gasteiger partial charge in [-0.3, -0.25) is 0 Å². The fraction of sp³-hybridized carbons (Fsp3) is 0.667. The molecular weight excluding hydrogens is 158 g/mol. The number of rotatable bonds is 4. The van der Waals surface area contributed by atoms with Crippen LogP contribution in [0.3, 0.4) is 0 Å². The highest BCUT2D eigenvalue weighted by Gasteiger charge is 2.45. The van der Waals surface area contributed by atoms with Crippen LogP contribution in [-0.4, -0.2) is 6.04 Å². The predicted molar refractivity (Wildman–Crippen MR) is 58.4 cm³/mol. The summed E-state index contributed by atoms with van der Waals surface area (Å²) >= 11 is 0. The summed E-state index contributed by atoms with van der Waals surface area (Å²) in [6, 6.07) is 0.254. The van der Waals surface area contributed by atoms with E-state index in [0.717, 1.165) is 6.42 Å². The van der Waals surface area contributed by atoms with Crippen LogP contribution in [0.2, 0.25) is 0 Å². The third kappa shape index (κ3) is 1.71. The Morgan fingerprint density at radius 3 is 2.54 bits per heavy atom. The van der Waals surface area contributed by atoms with E-state index in [9.17, 15) is 0 Å². The Hall–Kier alpha value is -0.560. The fourth-order valence-electron chi connectivity index (χ4n) is 1.97. The molecule has 0 aromatic rings. The summed E-state index contributed by atoms with van der Waals surface area (Å²) in [7, 11) is 0. The number of allylic oxidation sites excluding steroid dienone is 1. The van der Waals surface area contributed by atoms with Gasteiger partial charge in [0.1, 0.15) is 0 Å². The number of hydrogen-bond donors (Lipinski definition) is 1. The van der Waals surface area contributed by atoms with E-state index in [1.165, 1.54) is 11.1 Å². The van der Waals surface area contributed by atoms with Crippen molar-refractivity contribution in [3.63, 3.8) is 0 Å². The van der Waals surface area contributed by atoms with Crippen LogP contribution in [0.4, 0.5) is 0 Å². The summed E-state index contributed by atoms with van der Waals surface area (Å²) < 4.78 is 0. The summed E-state index contributed by atoms with van der Waals surface area (Å²) in [5.74, 6) is 0.582. The van der Waals surface area contributed by atoms with Crippen molar-refractivity contribution in [2.75, 3.05) is 0 Å². The zero-order chi connectivity index (χ0) is 10.2. The standard InChI is InChI=1S/C12H21N/c1-6-9(4)11(13)12(5)7-10(12)8(2)3/h7,9,11H,2,6,13H2,1,3-5H3. The van der Waals surface area contributed by atoms with Gasteiger partial charge in [-0.2, -0.15) is 0 Å². The lowest BCUT2D eigenvalue weighted by Crippen LogP contribution is -2.37. The third-order valence-electron chi connectivity index (χ3n) is 3.35. The average molecular weight is 179 g/mol. The van der Waals surface area contributed by atoms with Gasteiger partial charge in [0, 0.05) is 11.5 Å². The lowest BCUT2D eigenvalue weighted by molar-refractivity contribution is 0.339. The second kappa shape index (κ2) is 3.30. The minimum absolute atomic E-state index is 0.140. The smallest absolute Gasteiger partial charge is 0.0263 e. The summed E-state index contributed by atoms with van der Waals surface area (Å²) in [5.41, 5.74) is 8.87. The second-order valence-electron chi connectivity index (χ2n) is 4.53. The van der Waals surface area contributed by atoms with Crippen molar-refractivity contribution in [3.05, 3.63) is 23.8 Å². The van der Waals surface area contributed by atoms with E-state index in [1.807, 2.05) is 0 Å². The molecule has 1 rings (SSSR count). The highest BCUT2D eigenvalue weighted by atomic mass is 14.7. The van der Waals surface area contributed by atoms with Crippen molar-refractivity contribution >= 4 is 0 Å². The van der Waals surface area contributed by atoms with Crippen molar-refractivity contribution in [2.24, 2.45) is 17.1 Å². The molecule has 0 amide bonds. The van der Waals surface area contributed by atoms with E-state index in [0.29, 0.717) is 5.92 Å². The maximum absolute atomic E-state index is 6.20. The monoisotopic (exact) mass is 179 g/mol. The van der Waals surface area contributed by atoms with Crippen LogP contribution in [0.5, 0.6) is 0 Å². The molecule has 0 fully saturated rings. The Kier molecular flexibility index (Phi) is 2.67. The van der Waals surface area contributed by atoms with Crippen LogP contribution < -0.4 is 5.73 Å². The highest BCUT2D eigenvalue weighted by Crippen LogP contribution is 2.51. The van der Waals surface area contributed by atoms with Crippen molar-refractivity contribution in [1.82, 2.24) is 0 Å². The molecule has 0 aliphatic heterocycles. The minimum atomic E-state index is 0.140. The van der Waals surface area contributed by atoms with Crippen LogP contribution in [0.15, 0.2) is 23.8 Å². The first-order valence-corrected chi connectivity index (χ1v) is 5.08. The molecule has 1 aliphatic rings. The molecule has 0 aromatic heterocycles. The molecule has 0 saturated carbocycles. The van der Waals surface area contributed by atoms with Crippen molar-refractivity contribution < 1.29 is 0 Å². The lowest BCUT2D eigenvalue weighted by atomic mass is 9.82. The molecule has 1 nitrogen and oxygen atoms in total. The predicted octanol–water partition coefficient (Wildman–Crippen LogP) is 2.88. The Morgan fingerprint density at radius 1 is 1.69 bits per heavy atom. The molecular formula is C12H21N. The third-order valence-corrected chi connectivity index (χ3v) is 3.35. The zero-order valence-corrected chi connectivity index (χ0v) is 9.22. The summed E-state index contributed by atoms with van der Waals surface area (Å²) in [6.07, 6.45) is 3.40. The summed E-state index contributed by atoms with van der Waals surface area (Å²) in [4.78, 5) is 0. The SMILES string of the molecule is C=C(C)C1=CC1(C)C(N)C(C)CC. The zero-order valence-electron chi connectivity index (χ0n) is 9.22. The molecule has 3 atom stereocenters. The van der Waals surface area contributed by atoms with Gasteiger partial charge >= 0.3 is 0 Å². The van der Waals surface area contributed by atoms with Gasteiger partial charge in [0.05, 0.1) is 0 Å². The maximum Gasteiger partial charge on any atom is 0.0263 e. The molecule has 74 valence electrons. The molecule has 1 heteroatoms. The van der Waals surface area contributed by atoms with Gasteiger partial charge in [-0.25, -0.2) is 0 Å². The normalized spacial score (nSPS) is 30.7. The van der Waals surface area contributed by atoms with Crippen molar-refractivity contribution in [2.45, 2.75) is 40.2 Å². The van der Waals surface area contributed by atoms with Gasteiger partial charge in [-0.15, -0.1) is 0 Å². The van der Waals surface area contributed by atoms with Crippen LogP contribution in [0.25, 0.3) is 0 Å². The Morgan fingerprint density at radius 2 is 2.23 bits per heavy atom. The van der Waals surface area contributed by atoms with E-state index >= 15 is 0 Å². The van der Waals surface area contributed by atoms with Crippen molar-refractivity contribution in [3.8, 4) is 0 Å². The molecule has 0 aromatic carbocycles. The molecule has 0 bridgehead atoms. The van der Waals surface area contributed by atoms with Crippen LogP contribution in [0.1, 0.15) is 34.1 Å². The maximum atomic E-state index is 6.20. The molecule has 0 spiro atoms. The van der Waals surface area contributed by atoms with Gasteiger partial charge in [0.25, 0.3) is 0 Å². The van der Waals surface area contributed by atoms with E-state index in [2.05, 4.69) is 40.3 Å². The van der Waals surface area contributed by atoms with Gasteiger partial charge in [-0.1, -0.05) is 45.4 Å². The highest BCUT2D eigenvalue weighted by molar-refractivity contribution is 5.52. The lowest BCUT2D eigenvalue weighted by Gasteiger charge is -2.27. The molecule has 0 saturated heterocycles. The fourth-order valence-corrected chi connectivity index (χ4v) is 1.97. The topological polar surface area (TPSA) is 26.0 Å². The van der Waals surface area contributed by atoms with E-state index in [4.69, 9.17) is 5.73 Å². The quantitative estimate of drug-likeness (QED) is 0.705. The van der Waals surface area contributed by atoms with E-state index in [-0.39, 0.29) is 11.5 Å². The molecule has 0 heterocycles. The first-order chi connectivity index (χ1) is 5.93. The van der Waals surface area contributed by atoms with Crippen molar-refractivity contribution in [1.29, 1.82) is 0 Å². The van der Waals surface area contributed by atoms with E-state index < -0.39 is 0 Å². The van der Waals surface area contributed by atoms with Gasteiger partial charge in [0.2, 0.25) is 0 Å². The Balaban J connectivity index is 2.61. The summed E-state index contributed by atoms with van der Waals surface area (Å²) in [5, 5.41) is 0.